The van der Waals surface area contributed by atoms with E-state index < -0.39 is 0 Å². The molecule has 0 saturated carbocycles. The predicted molar refractivity (Wildman–Crippen MR) is 126 cm³/mol. The van der Waals surface area contributed by atoms with Crippen molar-refractivity contribution in [2.24, 2.45) is 5.41 Å². The van der Waals surface area contributed by atoms with E-state index in [9.17, 15) is 4.79 Å². The first kappa shape index (κ1) is 17.1. The second-order valence-corrected chi connectivity index (χ2v) is 10.0. The Bertz CT molecular complexity index is 1460. The molecule has 4 aromatic carbocycles. The van der Waals surface area contributed by atoms with Crippen molar-refractivity contribution in [2.45, 2.75) is 30.6 Å². The van der Waals surface area contributed by atoms with E-state index in [1.165, 1.54) is 44.5 Å². The van der Waals surface area contributed by atoms with Gasteiger partial charge in [-0.1, -0.05) is 84.9 Å². The van der Waals surface area contributed by atoms with E-state index in [0.717, 1.165) is 5.56 Å². The number of ketones is 1. The highest BCUT2D eigenvalue weighted by molar-refractivity contribution is 5.94. The van der Waals surface area contributed by atoms with Crippen molar-refractivity contribution in [3.63, 3.8) is 0 Å². The van der Waals surface area contributed by atoms with E-state index in [2.05, 4.69) is 91.0 Å². The number of benzene rings is 4. The summed E-state index contributed by atoms with van der Waals surface area (Å²) in [6.45, 7) is 1.69. The standard InChI is InChI=1S/C31H22O/c1-17(32)18-14-15-25-26(16-18)30-24-13-7-6-12-23(24)28-20-9-3-2-8-19(20)27-21-10-4-5-11-22(21)29(25)31(27,28)30/h2-16,27-30H,1H3. The SMILES string of the molecule is CC(=O)c1ccc2c(c1)C1c3ccccc3C3c4ccccc4C4c5ccccc5C2C431. The molecule has 5 atom stereocenters. The lowest BCUT2D eigenvalue weighted by Crippen LogP contribution is -2.30. The maximum Gasteiger partial charge on any atom is 0.159 e. The first-order valence-electron chi connectivity index (χ1n) is 11.6. The number of hydrogen-bond donors (Lipinski definition) is 0. The van der Waals surface area contributed by atoms with Gasteiger partial charge in [-0.05, 0) is 57.5 Å². The van der Waals surface area contributed by atoms with Crippen LogP contribution < -0.4 is 0 Å². The van der Waals surface area contributed by atoms with Gasteiger partial charge >= 0.3 is 0 Å². The average Bonchev–Trinajstić information content (AvgIpc) is 3.46. The lowest BCUT2D eigenvalue weighted by Gasteiger charge is -2.37. The van der Waals surface area contributed by atoms with Crippen molar-refractivity contribution < 1.29 is 4.79 Å². The van der Waals surface area contributed by atoms with Crippen LogP contribution in [-0.4, -0.2) is 5.78 Å². The molecule has 152 valence electrons. The van der Waals surface area contributed by atoms with Gasteiger partial charge in [-0.25, -0.2) is 0 Å². The third-order valence-electron chi connectivity index (χ3n) is 8.97. The van der Waals surface area contributed by atoms with E-state index in [4.69, 9.17) is 0 Å². The van der Waals surface area contributed by atoms with Gasteiger partial charge in [-0.15, -0.1) is 0 Å². The van der Waals surface area contributed by atoms with Gasteiger partial charge in [0, 0.05) is 34.7 Å². The Balaban J connectivity index is 1.56. The summed E-state index contributed by atoms with van der Waals surface area (Å²) in [4.78, 5) is 12.3. The normalized spacial score (nSPS) is 29.0. The topological polar surface area (TPSA) is 17.1 Å². The Morgan fingerprint density at radius 3 is 1.25 bits per heavy atom. The number of carbonyl (C=O) groups is 1. The number of Topliss-reactive ketones (excluding diaryl/α,β-unsaturated/α-hetero) is 1. The monoisotopic (exact) mass is 410 g/mol. The molecule has 5 unspecified atom stereocenters. The second-order valence-electron chi connectivity index (χ2n) is 10.0. The van der Waals surface area contributed by atoms with Crippen LogP contribution >= 0.6 is 0 Å². The Hall–Kier alpha value is -3.45. The molecule has 4 aliphatic carbocycles. The summed E-state index contributed by atoms with van der Waals surface area (Å²) < 4.78 is 0. The van der Waals surface area contributed by atoms with Crippen molar-refractivity contribution in [1.29, 1.82) is 0 Å². The zero-order valence-electron chi connectivity index (χ0n) is 17.9. The van der Waals surface area contributed by atoms with Gasteiger partial charge in [-0.3, -0.25) is 4.79 Å². The first-order chi connectivity index (χ1) is 15.7. The third kappa shape index (κ3) is 1.65. The van der Waals surface area contributed by atoms with Crippen LogP contribution in [0.3, 0.4) is 0 Å². The number of rotatable bonds is 1. The highest BCUT2D eigenvalue weighted by Gasteiger charge is 2.72. The van der Waals surface area contributed by atoms with Crippen molar-refractivity contribution in [2.75, 3.05) is 0 Å². The lowest BCUT2D eigenvalue weighted by atomic mass is 9.64. The van der Waals surface area contributed by atoms with Gasteiger partial charge in [0.1, 0.15) is 0 Å². The van der Waals surface area contributed by atoms with Crippen LogP contribution in [0.4, 0.5) is 0 Å². The van der Waals surface area contributed by atoms with E-state index in [1.807, 2.05) is 0 Å². The molecule has 0 amide bonds. The summed E-state index contributed by atoms with van der Waals surface area (Å²) >= 11 is 0. The first-order valence-corrected chi connectivity index (χ1v) is 11.6. The maximum absolute atomic E-state index is 12.3. The molecule has 8 rings (SSSR count). The smallest absolute Gasteiger partial charge is 0.159 e. The molecule has 0 fully saturated rings. The van der Waals surface area contributed by atoms with Gasteiger partial charge in [0.2, 0.25) is 0 Å². The van der Waals surface area contributed by atoms with Crippen LogP contribution in [0.15, 0.2) is 91.0 Å². The van der Waals surface area contributed by atoms with Gasteiger partial charge in [0.05, 0.1) is 0 Å². The molecule has 0 saturated heterocycles. The minimum atomic E-state index is 0.0504. The van der Waals surface area contributed by atoms with Crippen molar-refractivity contribution in [3.8, 4) is 0 Å². The van der Waals surface area contributed by atoms with Gasteiger partial charge in [0.15, 0.2) is 5.78 Å². The molecule has 0 radical (unpaired) electrons. The van der Waals surface area contributed by atoms with Crippen LogP contribution in [-0.2, 0) is 0 Å². The van der Waals surface area contributed by atoms with Crippen LogP contribution in [0.5, 0.6) is 0 Å². The highest BCUT2D eigenvalue weighted by Crippen LogP contribution is 2.83. The van der Waals surface area contributed by atoms with Crippen molar-refractivity contribution >= 4 is 5.78 Å². The highest BCUT2D eigenvalue weighted by atomic mass is 16.1. The zero-order valence-corrected chi connectivity index (χ0v) is 17.9. The Morgan fingerprint density at radius 2 is 0.875 bits per heavy atom. The molecule has 4 aromatic rings. The molecule has 4 aliphatic rings. The Morgan fingerprint density at radius 1 is 0.531 bits per heavy atom. The summed E-state index contributed by atoms with van der Waals surface area (Å²) in [6, 6.07) is 34.0. The molecule has 0 aromatic heterocycles. The van der Waals surface area contributed by atoms with Gasteiger partial charge < -0.3 is 0 Å². The quantitative estimate of drug-likeness (QED) is 0.317. The van der Waals surface area contributed by atoms with Crippen molar-refractivity contribution in [1.82, 2.24) is 0 Å². The summed E-state index contributed by atoms with van der Waals surface area (Å²) in [5, 5.41) is 0. The van der Waals surface area contributed by atoms with Gasteiger partial charge in [0.25, 0.3) is 0 Å². The minimum absolute atomic E-state index is 0.0504. The molecular weight excluding hydrogens is 388 g/mol. The van der Waals surface area contributed by atoms with E-state index in [1.54, 1.807) is 6.92 Å². The fourth-order valence-electron chi connectivity index (χ4n) is 8.24. The molecule has 0 aliphatic heterocycles. The number of fused-ring (bicyclic) bond motifs is 12. The van der Waals surface area contributed by atoms with E-state index in [-0.39, 0.29) is 11.2 Å². The predicted octanol–water partition coefficient (Wildman–Crippen LogP) is 6.76. The number of hydrogen-bond acceptors (Lipinski definition) is 1. The molecule has 1 spiro atoms. The van der Waals surface area contributed by atoms with Gasteiger partial charge in [-0.2, -0.15) is 0 Å². The summed E-state index contributed by atoms with van der Waals surface area (Å²) in [5.74, 6) is 1.59. The summed E-state index contributed by atoms with van der Waals surface area (Å²) in [5.41, 5.74) is 12.7. The molecular formula is C31H22O. The molecule has 1 heteroatoms. The fourth-order valence-corrected chi connectivity index (χ4v) is 8.24. The van der Waals surface area contributed by atoms with Crippen molar-refractivity contribution in [3.05, 3.63) is 141 Å². The van der Waals surface area contributed by atoms with Crippen LogP contribution in [0.25, 0.3) is 0 Å². The molecule has 0 heterocycles. The summed E-state index contributed by atoms with van der Waals surface area (Å²) in [6.07, 6.45) is 0. The molecule has 1 nitrogen and oxygen atoms in total. The summed E-state index contributed by atoms with van der Waals surface area (Å²) in [7, 11) is 0. The lowest BCUT2D eigenvalue weighted by molar-refractivity contribution is 0.101. The van der Waals surface area contributed by atoms with Crippen LogP contribution in [0, 0.1) is 5.41 Å². The van der Waals surface area contributed by atoms with Crippen LogP contribution in [0.1, 0.15) is 85.5 Å². The Labute approximate surface area is 187 Å². The second kappa shape index (κ2) is 5.48. The fraction of sp³-hybridized carbons (Fsp3) is 0.194. The third-order valence-corrected chi connectivity index (χ3v) is 8.97. The molecule has 32 heavy (non-hydrogen) atoms. The Kier molecular flexibility index (Phi) is 2.93. The van der Waals surface area contributed by atoms with E-state index in [0.29, 0.717) is 23.7 Å². The largest absolute Gasteiger partial charge is 0.295 e. The zero-order chi connectivity index (χ0) is 21.2. The minimum Gasteiger partial charge on any atom is -0.295 e. The number of carbonyl (C=O) groups excluding carboxylic acids is 1. The average molecular weight is 411 g/mol. The van der Waals surface area contributed by atoms with E-state index >= 15 is 0 Å². The van der Waals surface area contributed by atoms with Crippen LogP contribution in [0.2, 0.25) is 0 Å². The molecule has 0 N–H and O–H groups in total. The maximum atomic E-state index is 12.3. The molecule has 0 bridgehead atoms.